The number of rotatable bonds is 9. The van der Waals surface area contributed by atoms with Crippen molar-refractivity contribution in [1.29, 1.82) is 0 Å². The first kappa shape index (κ1) is 22.1. The van der Waals surface area contributed by atoms with E-state index in [0.717, 1.165) is 37.2 Å². The van der Waals surface area contributed by atoms with Crippen LogP contribution >= 0.6 is 15.9 Å². The molecular weight excluding hydrogens is 416 g/mol. The summed E-state index contributed by atoms with van der Waals surface area (Å²) in [6, 6.07) is 6.33. The highest BCUT2D eigenvalue weighted by atomic mass is 79.9. The highest BCUT2D eigenvalue weighted by molar-refractivity contribution is 9.10. The Morgan fingerprint density at radius 2 is 1.82 bits per heavy atom. The van der Waals surface area contributed by atoms with Gasteiger partial charge in [0.2, 0.25) is 0 Å². The zero-order valence-corrected chi connectivity index (χ0v) is 19.3. The molecule has 2 aliphatic rings. The molecule has 0 bridgehead atoms. The van der Waals surface area contributed by atoms with Crippen molar-refractivity contribution in [2.24, 2.45) is 11.8 Å². The van der Waals surface area contributed by atoms with Crippen LogP contribution in [0.3, 0.4) is 0 Å². The Kier molecular flexibility index (Phi) is 9.09. The van der Waals surface area contributed by atoms with Crippen molar-refractivity contribution in [1.82, 2.24) is 9.80 Å². The Morgan fingerprint density at radius 3 is 2.57 bits per heavy atom. The molecule has 4 nitrogen and oxygen atoms in total. The third kappa shape index (κ3) is 6.72. The highest BCUT2D eigenvalue weighted by Crippen LogP contribution is 2.29. The number of halogens is 1. The SMILES string of the molecule is COCCN1CCCC(CCN2CCC(Cc3cc(OC)ccc3Br)CC2)C1. The van der Waals surface area contributed by atoms with Crippen LogP contribution in [0.2, 0.25) is 0 Å². The predicted octanol–water partition coefficient (Wildman–Crippen LogP) is 4.46. The second kappa shape index (κ2) is 11.5. The molecule has 0 aliphatic carbocycles. The van der Waals surface area contributed by atoms with Crippen molar-refractivity contribution in [2.45, 2.75) is 38.5 Å². The van der Waals surface area contributed by atoms with Gasteiger partial charge in [-0.15, -0.1) is 0 Å². The quantitative estimate of drug-likeness (QED) is 0.551. The van der Waals surface area contributed by atoms with Crippen LogP contribution in [-0.2, 0) is 11.2 Å². The molecule has 0 radical (unpaired) electrons. The molecule has 1 unspecified atom stereocenters. The van der Waals surface area contributed by atoms with Gasteiger partial charge < -0.3 is 19.3 Å². The minimum atomic E-state index is 0.791. The average Bonchev–Trinajstić information content (AvgIpc) is 2.73. The molecule has 2 heterocycles. The van der Waals surface area contributed by atoms with Gasteiger partial charge in [0.15, 0.2) is 0 Å². The smallest absolute Gasteiger partial charge is 0.119 e. The maximum Gasteiger partial charge on any atom is 0.119 e. The number of methoxy groups -OCH3 is 2. The minimum Gasteiger partial charge on any atom is -0.497 e. The van der Waals surface area contributed by atoms with E-state index < -0.39 is 0 Å². The molecule has 2 fully saturated rings. The van der Waals surface area contributed by atoms with E-state index in [1.807, 2.05) is 6.07 Å². The van der Waals surface area contributed by atoms with Gasteiger partial charge >= 0.3 is 0 Å². The summed E-state index contributed by atoms with van der Waals surface area (Å²) in [4.78, 5) is 5.29. The van der Waals surface area contributed by atoms with Crippen LogP contribution < -0.4 is 4.74 Å². The molecule has 0 spiro atoms. The lowest BCUT2D eigenvalue weighted by molar-refractivity contribution is 0.103. The second-order valence-electron chi connectivity index (χ2n) is 8.54. The van der Waals surface area contributed by atoms with Crippen molar-refractivity contribution < 1.29 is 9.47 Å². The molecule has 0 N–H and O–H groups in total. The molecule has 1 atom stereocenters. The number of ether oxygens (including phenoxy) is 2. The van der Waals surface area contributed by atoms with Crippen molar-refractivity contribution in [3.8, 4) is 5.75 Å². The summed E-state index contributed by atoms with van der Waals surface area (Å²) < 4.78 is 11.9. The van der Waals surface area contributed by atoms with Crippen LogP contribution in [0, 0.1) is 11.8 Å². The molecule has 2 saturated heterocycles. The number of benzene rings is 1. The number of piperidine rings is 2. The fourth-order valence-corrected chi connectivity index (χ4v) is 5.14. The lowest BCUT2D eigenvalue weighted by Gasteiger charge is -2.36. The first-order valence-electron chi connectivity index (χ1n) is 10.9. The standard InChI is InChI=1S/C23H37BrN2O2/c1-27-15-14-26-10-3-4-20(18-26)9-13-25-11-7-19(8-12-25)16-21-17-22(28-2)5-6-23(21)24/h5-6,17,19-20H,3-4,7-16,18H2,1-2H3. The van der Waals surface area contributed by atoms with E-state index in [-0.39, 0.29) is 0 Å². The van der Waals surface area contributed by atoms with E-state index in [9.17, 15) is 0 Å². The fourth-order valence-electron chi connectivity index (χ4n) is 4.74. The van der Waals surface area contributed by atoms with Crippen LogP contribution in [0.15, 0.2) is 22.7 Å². The molecule has 0 aromatic heterocycles. The first-order chi connectivity index (χ1) is 13.7. The summed E-state index contributed by atoms with van der Waals surface area (Å²) in [7, 11) is 3.55. The van der Waals surface area contributed by atoms with E-state index in [2.05, 4.69) is 37.9 Å². The van der Waals surface area contributed by atoms with Crippen LogP contribution in [-0.4, -0.2) is 69.9 Å². The number of hydrogen-bond donors (Lipinski definition) is 0. The Balaban J connectivity index is 1.37. The Bertz CT molecular complexity index is 590. The Labute approximate surface area is 179 Å². The summed E-state index contributed by atoms with van der Waals surface area (Å²) >= 11 is 3.71. The third-order valence-electron chi connectivity index (χ3n) is 6.54. The monoisotopic (exact) mass is 452 g/mol. The van der Waals surface area contributed by atoms with E-state index in [1.165, 1.54) is 74.9 Å². The maximum absolute atomic E-state index is 5.40. The number of nitrogens with zero attached hydrogens (tertiary/aromatic N) is 2. The van der Waals surface area contributed by atoms with Crippen molar-refractivity contribution in [3.05, 3.63) is 28.2 Å². The summed E-state index contributed by atoms with van der Waals surface area (Å²) in [6.45, 7) is 8.27. The van der Waals surface area contributed by atoms with Gasteiger partial charge in [-0.3, -0.25) is 0 Å². The van der Waals surface area contributed by atoms with Crippen LogP contribution in [0.1, 0.15) is 37.7 Å². The molecule has 0 amide bonds. The lowest BCUT2D eigenvalue weighted by atomic mass is 9.89. The largest absolute Gasteiger partial charge is 0.497 e. The normalized spacial score (nSPS) is 22.5. The molecule has 1 aromatic carbocycles. The van der Waals surface area contributed by atoms with E-state index >= 15 is 0 Å². The summed E-state index contributed by atoms with van der Waals surface area (Å²) in [5.74, 6) is 2.62. The number of likely N-dealkylation sites (tertiary alicyclic amines) is 2. The summed E-state index contributed by atoms with van der Waals surface area (Å²) in [5, 5.41) is 0. The van der Waals surface area contributed by atoms with Crippen LogP contribution in [0.5, 0.6) is 5.75 Å². The zero-order valence-electron chi connectivity index (χ0n) is 17.7. The minimum absolute atomic E-state index is 0.791. The molecule has 5 heteroatoms. The van der Waals surface area contributed by atoms with Gasteiger partial charge in [0, 0.05) is 24.7 Å². The zero-order chi connectivity index (χ0) is 19.8. The Hall–Kier alpha value is -0.620. The van der Waals surface area contributed by atoms with Gasteiger partial charge in [0.05, 0.1) is 13.7 Å². The second-order valence-corrected chi connectivity index (χ2v) is 9.39. The molecule has 2 aliphatic heterocycles. The van der Waals surface area contributed by atoms with Crippen LogP contribution in [0.25, 0.3) is 0 Å². The average molecular weight is 453 g/mol. The topological polar surface area (TPSA) is 24.9 Å². The van der Waals surface area contributed by atoms with Crippen molar-refractivity contribution in [2.75, 3.05) is 60.1 Å². The maximum atomic E-state index is 5.40. The van der Waals surface area contributed by atoms with E-state index in [4.69, 9.17) is 9.47 Å². The van der Waals surface area contributed by atoms with Gasteiger partial charge in [0.1, 0.15) is 5.75 Å². The van der Waals surface area contributed by atoms with Gasteiger partial charge in [-0.05, 0) is 100 Å². The highest BCUT2D eigenvalue weighted by Gasteiger charge is 2.23. The van der Waals surface area contributed by atoms with E-state index in [0.29, 0.717) is 0 Å². The van der Waals surface area contributed by atoms with Gasteiger partial charge in [-0.25, -0.2) is 0 Å². The van der Waals surface area contributed by atoms with E-state index in [1.54, 1.807) is 14.2 Å². The molecule has 1 aromatic rings. The summed E-state index contributed by atoms with van der Waals surface area (Å²) in [5.41, 5.74) is 1.39. The molecule has 0 saturated carbocycles. The predicted molar refractivity (Wildman–Crippen MR) is 119 cm³/mol. The number of hydrogen-bond acceptors (Lipinski definition) is 4. The molecule has 28 heavy (non-hydrogen) atoms. The third-order valence-corrected chi connectivity index (χ3v) is 7.31. The van der Waals surface area contributed by atoms with Crippen molar-refractivity contribution in [3.63, 3.8) is 0 Å². The summed E-state index contributed by atoms with van der Waals surface area (Å²) in [6.07, 6.45) is 7.90. The van der Waals surface area contributed by atoms with Gasteiger partial charge in [-0.2, -0.15) is 0 Å². The fraction of sp³-hybridized carbons (Fsp3) is 0.739. The lowest BCUT2D eigenvalue weighted by Crippen LogP contribution is -2.40. The molecule has 3 rings (SSSR count). The Morgan fingerprint density at radius 1 is 1.00 bits per heavy atom. The van der Waals surface area contributed by atoms with Crippen molar-refractivity contribution >= 4 is 15.9 Å². The van der Waals surface area contributed by atoms with Gasteiger partial charge in [0.25, 0.3) is 0 Å². The molecular formula is C23H37BrN2O2. The molecule has 158 valence electrons. The van der Waals surface area contributed by atoms with Crippen LogP contribution in [0.4, 0.5) is 0 Å². The van der Waals surface area contributed by atoms with Gasteiger partial charge in [-0.1, -0.05) is 15.9 Å². The first-order valence-corrected chi connectivity index (χ1v) is 11.7.